The minimum atomic E-state index is -4.61. The first-order valence-corrected chi connectivity index (χ1v) is 16.6. The molecular formula is C29H29BrCl2N4O6S. The molecule has 1 aromatic heterocycles. The Morgan fingerprint density at radius 1 is 1.09 bits per heavy atom. The molecule has 2 aliphatic rings. The standard InChI is InChI=1S/C29H29BrCl2N4O6S/c1-17(37)36(24-6-4-5-7-25(24)42-18(2)38)43(40,41)26-16-33-28-34(23-13-21(31)12-22(32)14-23)27(39)29(3,35(26)28)15-19-8-10-20(30)11-9-19/h8-14,16,24-25H,4-7,15H2,1-3H3. The van der Waals surface area contributed by atoms with E-state index >= 15 is 0 Å². The highest BCUT2D eigenvalue weighted by atomic mass is 79.9. The first-order valence-electron chi connectivity index (χ1n) is 13.6. The molecule has 14 heteroatoms. The predicted molar refractivity (Wildman–Crippen MR) is 165 cm³/mol. The highest BCUT2D eigenvalue weighted by molar-refractivity contribution is 9.10. The van der Waals surface area contributed by atoms with E-state index in [1.807, 2.05) is 24.3 Å². The van der Waals surface area contributed by atoms with Crippen molar-refractivity contribution in [3.05, 3.63) is 68.7 Å². The van der Waals surface area contributed by atoms with Crippen molar-refractivity contribution in [2.45, 2.75) is 75.6 Å². The highest BCUT2D eigenvalue weighted by Gasteiger charge is 2.53. The van der Waals surface area contributed by atoms with Crippen LogP contribution in [0.5, 0.6) is 0 Å². The summed E-state index contributed by atoms with van der Waals surface area (Å²) in [6, 6.07) is 11.0. The van der Waals surface area contributed by atoms with E-state index in [0.717, 1.165) is 33.9 Å². The Labute approximate surface area is 268 Å². The minimum Gasteiger partial charge on any atom is -0.460 e. The van der Waals surface area contributed by atoms with E-state index in [0.29, 0.717) is 24.9 Å². The number of sulfonamides is 1. The van der Waals surface area contributed by atoms with Crippen molar-refractivity contribution in [1.29, 1.82) is 0 Å². The molecule has 3 atom stereocenters. The molecule has 3 unspecified atom stereocenters. The van der Waals surface area contributed by atoms with E-state index in [2.05, 4.69) is 20.9 Å². The molecule has 0 bridgehead atoms. The number of hydrogen-bond acceptors (Lipinski definition) is 7. The van der Waals surface area contributed by atoms with Gasteiger partial charge in [0.1, 0.15) is 11.6 Å². The third kappa shape index (κ3) is 5.82. The number of anilines is 2. The third-order valence-corrected chi connectivity index (χ3v) is 10.6. The minimum absolute atomic E-state index is 0.0326. The van der Waals surface area contributed by atoms with Crippen molar-refractivity contribution in [3.8, 4) is 0 Å². The van der Waals surface area contributed by atoms with Crippen molar-refractivity contribution >= 4 is 78.6 Å². The summed E-state index contributed by atoms with van der Waals surface area (Å²) in [5.74, 6) is -1.73. The van der Waals surface area contributed by atoms with E-state index in [1.165, 1.54) is 34.6 Å². The Morgan fingerprint density at radius 2 is 1.72 bits per heavy atom. The second kappa shape index (κ2) is 11.9. The van der Waals surface area contributed by atoms with E-state index in [9.17, 15) is 22.8 Å². The summed E-state index contributed by atoms with van der Waals surface area (Å²) < 4.78 is 37.4. The van der Waals surface area contributed by atoms with E-state index in [-0.39, 0.29) is 27.4 Å². The van der Waals surface area contributed by atoms with Crippen LogP contribution in [0.1, 0.15) is 52.0 Å². The molecule has 2 heterocycles. The number of esters is 1. The number of carbonyl (C=O) groups excluding carboxylic acids is 3. The van der Waals surface area contributed by atoms with Crippen LogP contribution in [0.25, 0.3) is 0 Å². The molecule has 1 saturated carbocycles. The lowest BCUT2D eigenvalue weighted by Gasteiger charge is -2.38. The van der Waals surface area contributed by atoms with Crippen LogP contribution in [-0.2, 0) is 41.1 Å². The van der Waals surface area contributed by atoms with E-state index in [1.54, 1.807) is 6.92 Å². The summed E-state index contributed by atoms with van der Waals surface area (Å²) >= 11 is 16.0. The van der Waals surface area contributed by atoms with Crippen LogP contribution in [-0.4, -0.2) is 52.2 Å². The number of aromatic nitrogens is 2. The molecule has 0 saturated heterocycles. The Balaban J connectivity index is 1.69. The average molecular weight is 712 g/mol. The lowest BCUT2D eigenvalue weighted by atomic mass is 9.92. The van der Waals surface area contributed by atoms with Crippen molar-refractivity contribution in [2.24, 2.45) is 0 Å². The van der Waals surface area contributed by atoms with Gasteiger partial charge < -0.3 is 4.74 Å². The van der Waals surface area contributed by atoms with Crippen LogP contribution in [0, 0.1) is 0 Å². The predicted octanol–water partition coefficient (Wildman–Crippen LogP) is 6.00. The van der Waals surface area contributed by atoms with Gasteiger partial charge in [-0.1, -0.05) is 57.7 Å². The maximum atomic E-state index is 14.5. The fraction of sp³-hybridized carbons (Fsp3) is 0.379. The third-order valence-electron chi connectivity index (χ3n) is 7.76. The van der Waals surface area contributed by atoms with E-state index in [4.69, 9.17) is 27.9 Å². The molecule has 228 valence electrons. The second-order valence-electron chi connectivity index (χ2n) is 10.9. The van der Waals surface area contributed by atoms with Gasteiger partial charge in [-0.05, 0) is 62.1 Å². The SMILES string of the molecule is CC(=O)OC1CCCCC1N(C(C)=O)S(=O)(=O)c1cnc2n1C(C)(Cc1ccc(Br)cc1)C(=O)N2c1cc(Cl)cc(Cl)c1. The summed E-state index contributed by atoms with van der Waals surface area (Å²) in [5.41, 5.74) is -0.414. The fourth-order valence-electron chi connectivity index (χ4n) is 5.99. The maximum absolute atomic E-state index is 14.5. The Morgan fingerprint density at radius 3 is 2.33 bits per heavy atom. The number of benzene rings is 2. The molecule has 2 amide bonds. The van der Waals surface area contributed by atoms with Crippen LogP contribution in [0.15, 0.2) is 58.2 Å². The molecule has 1 aliphatic heterocycles. The van der Waals surface area contributed by atoms with Gasteiger partial charge in [0, 0.05) is 34.8 Å². The average Bonchev–Trinajstić information content (AvgIpc) is 3.44. The smallest absolute Gasteiger partial charge is 0.302 e. The number of fused-ring (bicyclic) bond motifs is 1. The summed E-state index contributed by atoms with van der Waals surface area (Å²) in [4.78, 5) is 45.0. The molecule has 2 aromatic carbocycles. The van der Waals surface area contributed by atoms with Gasteiger partial charge in [-0.15, -0.1) is 0 Å². The highest BCUT2D eigenvalue weighted by Crippen LogP contribution is 2.45. The molecular weight excluding hydrogens is 683 g/mol. The van der Waals surface area contributed by atoms with Gasteiger partial charge in [-0.25, -0.2) is 14.2 Å². The molecule has 1 fully saturated rings. The molecule has 43 heavy (non-hydrogen) atoms. The zero-order valence-corrected chi connectivity index (χ0v) is 27.5. The van der Waals surface area contributed by atoms with E-state index < -0.39 is 45.5 Å². The summed E-state index contributed by atoms with van der Waals surface area (Å²) in [6.07, 6.45) is 2.56. The van der Waals surface area contributed by atoms with Crippen LogP contribution >= 0.6 is 39.1 Å². The van der Waals surface area contributed by atoms with Crippen molar-refractivity contribution in [1.82, 2.24) is 13.9 Å². The molecule has 0 spiro atoms. The number of imidazole rings is 1. The molecule has 0 radical (unpaired) electrons. The van der Waals surface area contributed by atoms with Crippen molar-refractivity contribution < 1.29 is 27.5 Å². The van der Waals surface area contributed by atoms with Gasteiger partial charge in [0.15, 0.2) is 5.03 Å². The Kier molecular flexibility index (Phi) is 8.69. The quantitative estimate of drug-likeness (QED) is 0.276. The number of carbonyl (C=O) groups is 3. The molecule has 3 aromatic rings. The van der Waals surface area contributed by atoms with Gasteiger partial charge in [-0.2, -0.15) is 8.42 Å². The zero-order chi connectivity index (χ0) is 31.3. The fourth-order valence-corrected chi connectivity index (χ4v) is 8.61. The van der Waals surface area contributed by atoms with Gasteiger partial charge in [0.2, 0.25) is 11.9 Å². The second-order valence-corrected chi connectivity index (χ2v) is 14.4. The number of nitrogens with zero attached hydrogens (tertiary/aromatic N) is 4. The monoisotopic (exact) mass is 710 g/mol. The maximum Gasteiger partial charge on any atom is 0.302 e. The van der Waals surface area contributed by atoms with Crippen molar-refractivity contribution in [2.75, 3.05) is 4.90 Å². The van der Waals surface area contributed by atoms with Gasteiger partial charge in [0.05, 0.1) is 17.9 Å². The van der Waals surface area contributed by atoms with Gasteiger partial charge >= 0.3 is 5.97 Å². The molecule has 5 rings (SSSR count). The van der Waals surface area contributed by atoms with Gasteiger partial charge in [-0.3, -0.25) is 19.0 Å². The normalized spacial score (nSPS) is 21.9. The first-order chi connectivity index (χ1) is 20.2. The lowest BCUT2D eigenvalue weighted by molar-refractivity contribution is -0.152. The largest absolute Gasteiger partial charge is 0.460 e. The number of halogens is 3. The molecule has 0 N–H and O–H groups in total. The summed E-state index contributed by atoms with van der Waals surface area (Å²) in [7, 11) is -4.61. The molecule has 1 aliphatic carbocycles. The Bertz CT molecular complexity index is 1690. The van der Waals surface area contributed by atoms with Crippen LogP contribution < -0.4 is 4.90 Å². The topological polar surface area (TPSA) is 119 Å². The number of amides is 2. The number of hydrogen-bond donors (Lipinski definition) is 0. The van der Waals surface area contributed by atoms with Gasteiger partial charge in [0.25, 0.3) is 15.9 Å². The molecule has 10 nitrogen and oxygen atoms in total. The first kappa shape index (κ1) is 31.5. The van der Waals surface area contributed by atoms with Crippen molar-refractivity contribution in [3.63, 3.8) is 0 Å². The van der Waals surface area contributed by atoms with Crippen LogP contribution in [0.3, 0.4) is 0 Å². The zero-order valence-electron chi connectivity index (χ0n) is 23.6. The van der Waals surface area contributed by atoms with Crippen LogP contribution in [0.2, 0.25) is 10.0 Å². The summed E-state index contributed by atoms with van der Waals surface area (Å²) in [5, 5.41) is 0.215. The summed E-state index contributed by atoms with van der Waals surface area (Å²) in [6.45, 7) is 4.04. The lowest BCUT2D eigenvalue weighted by Crippen LogP contribution is -2.52. The number of rotatable bonds is 7. The Hall–Kier alpha value is -2.93. The van der Waals surface area contributed by atoms with Crippen LogP contribution in [0.4, 0.5) is 11.6 Å². The number of ether oxygens (including phenoxy) is 1.